The highest BCUT2D eigenvalue weighted by atomic mass is 32.2. The van der Waals surface area contributed by atoms with Crippen LogP contribution in [0.3, 0.4) is 0 Å². The molecule has 0 bridgehead atoms. The summed E-state index contributed by atoms with van der Waals surface area (Å²) in [5.74, 6) is 0.0753. The van der Waals surface area contributed by atoms with Crippen LogP contribution in [0.2, 0.25) is 0 Å². The number of fused-ring (bicyclic) bond motifs is 1. The normalized spacial score (nSPS) is 22.3. The minimum atomic E-state index is -3.07. The molecule has 4 rings (SSSR count). The molecule has 1 saturated carbocycles. The number of amides is 1. The van der Waals surface area contributed by atoms with E-state index in [1.54, 1.807) is 22.9 Å². The third kappa shape index (κ3) is 3.63. The number of nitrogens with zero attached hydrogens (tertiary/aromatic N) is 3. The van der Waals surface area contributed by atoms with E-state index in [1.807, 2.05) is 11.0 Å². The monoisotopic (exact) mass is 389 g/mol. The highest BCUT2D eigenvalue weighted by Crippen LogP contribution is 2.29. The Morgan fingerprint density at radius 3 is 2.59 bits per heavy atom. The van der Waals surface area contributed by atoms with Crippen LogP contribution in [-0.2, 0) is 21.2 Å². The summed E-state index contributed by atoms with van der Waals surface area (Å²) in [5, 5.41) is 4.67. The molecule has 2 aliphatic rings. The Labute approximate surface area is 157 Å². The molecule has 144 valence electrons. The van der Waals surface area contributed by atoms with Crippen LogP contribution in [0.1, 0.15) is 32.1 Å². The summed E-state index contributed by atoms with van der Waals surface area (Å²) in [6.07, 6.45) is 5.69. The van der Waals surface area contributed by atoms with Crippen LogP contribution in [0.5, 0.6) is 0 Å². The van der Waals surface area contributed by atoms with E-state index in [1.165, 1.54) is 6.20 Å². The lowest BCUT2D eigenvalue weighted by Crippen LogP contribution is -2.48. The Kier molecular flexibility index (Phi) is 4.75. The molecule has 7 nitrogen and oxygen atoms in total. The van der Waals surface area contributed by atoms with Gasteiger partial charge < -0.3 is 4.90 Å². The molecule has 2 aromatic rings. The van der Waals surface area contributed by atoms with E-state index in [0.29, 0.717) is 17.3 Å². The van der Waals surface area contributed by atoms with Crippen molar-refractivity contribution in [2.24, 2.45) is 0 Å². The highest BCUT2D eigenvalue weighted by Gasteiger charge is 2.39. The topological polar surface area (TPSA) is 89.3 Å². The Bertz CT molecular complexity index is 1020. The van der Waals surface area contributed by atoms with Crippen molar-refractivity contribution in [2.45, 2.75) is 50.7 Å². The van der Waals surface area contributed by atoms with Gasteiger partial charge in [0.1, 0.15) is 6.54 Å². The summed E-state index contributed by atoms with van der Waals surface area (Å²) in [7, 11) is -3.07. The maximum Gasteiger partial charge on any atom is 0.244 e. The van der Waals surface area contributed by atoms with Gasteiger partial charge in [-0.1, -0.05) is 25.0 Å². The van der Waals surface area contributed by atoms with Crippen molar-refractivity contribution in [3.63, 3.8) is 0 Å². The molecule has 0 radical (unpaired) electrons. The fraction of sp³-hybridized carbons (Fsp3) is 0.526. The molecule has 2 heterocycles. The highest BCUT2D eigenvalue weighted by molar-refractivity contribution is 7.91. The van der Waals surface area contributed by atoms with Crippen molar-refractivity contribution in [3.05, 3.63) is 40.7 Å². The van der Waals surface area contributed by atoms with E-state index in [-0.39, 0.29) is 41.5 Å². The minimum Gasteiger partial charge on any atom is -0.334 e. The van der Waals surface area contributed by atoms with E-state index < -0.39 is 9.84 Å². The maximum absolute atomic E-state index is 13.2. The summed E-state index contributed by atoms with van der Waals surface area (Å²) < 4.78 is 25.5. The van der Waals surface area contributed by atoms with Gasteiger partial charge in [0, 0.05) is 17.5 Å². The second kappa shape index (κ2) is 7.07. The Hall–Kier alpha value is -2.22. The minimum absolute atomic E-state index is 0.00778. The molecule has 1 aromatic heterocycles. The van der Waals surface area contributed by atoms with Crippen LogP contribution in [0.25, 0.3) is 10.9 Å². The van der Waals surface area contributed by atoms with E-state index in [0.717, 1.165) is 25.7 Å². The van der Waals surface area contributed by atoms with Gasteiger partial charge in [0.15, 0.2) is 9.84 Å². The summed E-state index contributed by atoms with van der Waals surface area (Å²) in [4.78, 5) is 27.0. The Balaban J connectivity index is 1.65. The van der Waals surface area contributed by atoms with E-state index in [9.17, 15) is 18.0 Å². The lowest BCUT2D eigenvalue weighted by Gasteiger charge is -2.34. The molecule has 1 amide bonds. The van der Waals surface area contributed by atoms with Crippen LogP contribution in [0.15, 0.2) is 35.3 Å². The average Bonchev–Trinajstić information content (AvgIpc) is 3.28. The fourth-order valence-corrected chi connectivity index (χ4v) is 6.09. The number of sulfone groups is 1. The molecule has 1 aliphatic carbocycles. The molecule has 1 aliphatic heterocycles. The summed E-state index contributed by atoms with van der Waals surface area (Å²) in [6, 6.07) is 6.93. The standard InChI is InChI=1S/C19H23N3O4S/c23-18-11-20-21(17-8-4-3-7-16(17)18)12-19(24)22(14-5-1-2-6-14)15-9-10-27(25,26)13-15/h3-4,7-8,11,14-15H,1-2,5-6,9-10,12-13H2/t15-/m1/s1. The van der Waals surface area contributed by atoms with Crippen LogP contribution >= 0.6 is 0 Å². The molecule has 8 heteroatoms. The van der Waals surface area contributed by atoms with Crippen molar-refractivity contribution >= 4 is 26.6 Å². The van der Waals surface area contributed by atoms with Gasteiger partial charge in [-0.3, -0.25) is 14.3 Å². The smallest absolute Gasteiger partial charge is 0.244 e. The fourth-order valence-electron chi connectivity index (χ4n) is 4.38. The number of para-hydroxylation sites is 1. The van der Waals surface area contributed by atoms with Gasteiger partial charge in [0.05, 0.1) is 23.2 Å². The van der Waals surface area contributed by atoms with Gasteiger partial charge in [0.2, 0.25) is 11.3 Å². The first-order valence-corrected chi connectivity index (χ1v) is 11.2. The zero-order chi connectivity index (χ0) is 19.0. The Morgan fingerprint density at radius 2 is 1.89 bits per heavy atom. The van der Waals surface area contributed by atoms with Gasteiger partial charge in [-0.25, -0.2) is 8.42 Å². The number of hydrogen-bond donors (Lipinski definition) is 0. The number of rotatable bonds is 4. The average molecular weight is 389 g/mol. The van der Waals surface area contributed by atoms with Gasteiger partial charge >= 0.3 is 0 Å². The summed E-state index contributed by atoms with van der Waals surface area (Å²) >= 11 is 0. The Morgan fingerprint density at radius 1 is 1.15 bits per heavy atom. The third-order valence-electron chi connectivity index (χ3n) is 5.65. The van der Waals surface area contributed by atoms with E-state index >= 15 is 0 Å². The van der Waals surface area contributed by atoms with Crippen molar-refractivity contribution < 1.29 is 13.2 Å². The summed E-state index contributed by atoms with van der Waals surface area (Å²) in [5.41, 5.74) is 0.438. The van der Waals surface area contributed by atoms with Crippen molar-refractivity contribution in [1.29, 1.82) is 0 Å². The van der Waals surface area contributed by atoms with E-state index in [2.05, 4.69) is 5.10 Å². The molecule has 1 aromatic carbocycles. The van der Waals surface area contributed by atoms with Crippen LogP contribution in [-0.4, -0.2) is 52.6 Å². The van der Waals surface area contributed by atoms with Gasteiger partial charge in [-0.2, -0.15) is 5.10 Å². The first kappa shape index (κ1) is 18.2. The zero-order valence-corrected chi connectivity index (χ0v) is 15.9. The zero-order valence-electron chi connectivity index (χ0n) is 15.1. The van der Waals surface area contributed by atoms with Crippen molar-refractivity contribution in [2.75, 3.05) is 11.5 Å². The van der Waals surface area contributed by atoms with Gasteiger partial charge in [0.25, 0.3) is 0 Å². The van der Waals surface area contributed by atoms with Gasteiger partial charge in [-0.05, 0) is 31.4 Å². The maximum atomic E-state index is 13.2. The third-order valence-corrected chi connectivity index (χ3v) is 7.41. The number of benzene rings is 1. The quantitative estimate of drug-likeness (QED) is 0.788. The molecule has 0 unspecified atom stereocenters. The number of carbonyl (C=O) groups excluding carboxylic acids is 1. The first-order chi connectivity index (χ1) is 12.9. The largest absolute Gasteiger partial charge is 0.334 e. The van der Waals surface area contributed by atoms with E-state index in [4.69, 9.17) is 0 Å². The van der Waals surface area contributed by atoms with Crippen LogP contribution < -0.4 is 5.43 Å². The molecular weight excluding hydrogens is 366 g/mol. The predicted molar refractivity (Wildman–Crippen MR) is 102 cm³/mol. The molecule has 1 atom stereocenters. The molecule has 2 fully saturated rings. The van der Waals surface area contributed by atoms with Gasteiger partial charge in [-0.15, -0.1) is 0 Å². The second-order valence-corrected chi connectivity index (χ2v) is 9.71. The van der Waals surface area contributed by atoms with Crippen LogP contribution in [0, 0.1) is 0 Å². The predicted octanol–water partition coefficient (Wildman–Crippen LogP) is 1.35. The van der Waals surface area contributed by atoms with Crippen molar-refractivity contribution in [3.8, 4) is 0 Å². The van der Waals surface area contributed by atoms with Crippen molar-refractivity contribution in [1.82, 2.24) is 14.7 Å². The lowest BCUT2D eigenvalue weighted by atomic mass is 10.1. The number of carbonyl (C=O) groups is 1. The number of aromatic nitrogens is 2. The first-order valence-electron chi connectivity index (χ1n) is 9.41. The molecule has 27 heavy (non-hydrogen) atoms. The molecule has 0 N–H and O–H groups in total. The second-order valence-electron chi connectivity index (χ2n) is 7.48. The molecule has 1 saturated heterocycles. The summed E-state index contributed by atoms with van der Waals surface area (Å²) in [6.45, 7) is 0.00778. The molecule has 0 spiro atoms. The number of hydrogen-bond acceptors (Lipinski definition) is 5. The lowest BCUT2D eigenvalue weighted by molar-refractivity contribution is -0.136. The van der Waals surface area contributed by atoms with Crippen LogP contribution in [0.4, 0.5) is 0 Å². The SMILES string of the molecule is O=C(Cn1ncc(=O)c2ccccc21)N(C1CCCC1)[C@@H]1CCS(=O)(=O)C1. The molecular formula is C19H23N3O4S.